The Bertz CT molecular complexity index is 422. The number of halogens is 2. The number of hydrogen-bond donors (Lipinski definition) is 1. The Morgan fingerprint density at radius 3 is 2.60 bits per heavy atom. The van der Waals surface area contributed by atoms with E-state index in [1.54, 1.807) is 0 Å². The molecule has 6 heteroatoms. The molecule has 1 N–H and O–H groups in total. The Morgan fingerprint density at radius 1 is 1.47 bits per heavy atom. The molecule has 0 aliphatic heterocycles. The van der Waals surface area contributed by atoms with Crippen LogP contribution in [0.2, 0.25) is 0 Å². The Balaban J connectivity index is 3.10. The van der Waals surface area contributed by atoms with E-state index >= 15 is 0 Å². The normalized spacial score (nSPS) is 9.80. The highest BCUT2D eigenvalue weighted by molar-refractivity contribution is 9.10. The van der Waals surface area contributed by atoms with E-state index in [0.29, 0.717) is 4.47 Å². The van der Waals surface area contributed by atoms with Gasteiger partial charge in [-0.2, -0.15) is 0 Å². The number of carbonyl (C=O) groups excluding carboxylic acids is 1. The largest absolute Gasteiger partial charge is 0.474 e. The van der Waals surface area contributed by atoms with Crippen LogP contribution in [0.5, 0.6) is 0 Å². The summed E-state index contributed by atoms with van der Waals surface area (Å²) in [6.07, 6.45) is 0. The van der Waals surface area contributed by atoms with Crippen LogP contribution in [-0.4, -0.2) is 24.0 Å². The van der Waals surface area contributed by atoms with Crippen LogP contribution in [0.1, 0.15) is 0 Å². The molecule has 1 aromatic rings. The summed E-state index contributed by atoms with van der Waals surface area (Å²) in [5.41, 5.74) is -0.0863. The Morgan fingerprint density at radius 2 is 2.07 bits per heavy atom. The van der Waals surface area contributed by atoms with Gasteiger partial charge in [-0.25, -0.2) is 9.18 Å². The quantitative estimate of drug-likeness (QED) is 0.793. The first-order chi connectivity index (χ1) is 6.93. The van der Waals surface area contributed by atoms with E-state index < -0.39 is 17.7 Å². The number of nitrogens with zero attached hydrogens (tertiary/aromatic N) is 1. The van der Waals surface area contributed by atoms with Crippen LogP contribution in [0, 0.1) is 5.82 Å². The first-order valence-corrected chi connectivity index (χ1v) is 4.69. The first-order valence-electron chi connectivity index (χ1n) is 3.89. The molecule has 80 valence electrons. The van der Waals surface area contributed by atoms with Gasteiger partial charge in [-0.05, 0) is 18.2 Å². The van der Waals surface area contributed by atoms with Gasteiger partial charge in [0.2, 0.25) is 0 Å². The molecule has 0 saturated carbocycles. The Kier molecular flexibility index (Phi) is 3.41. The minimum absolute atomic E-state index is 0.0863. The zero-order chi connectivity index (χ0) is 11.6. The van der Waals surface area contributed by atoms with Gasteiger partial charge in [0.15, 0.2) is 0 Å². The van der Waals surface area contributed by atoms with Crippen molar-refractivity contribution in [3.05, 3.63) is 28.5 Å². The maximum atomic E-state index is 13.2. The van der Waals surface area contributed by atoms with E-state index in [4.69, 9.17) is 5.11 Å². The van der Waals surface area contributed by atoms with E-state index in [9.17, 15) is 14.0 Å². The predicted molar refractivity (Wildman–Crippen MR) is 55.1 cm³/mol. The lowest BCUT2D eigenvalue weighted by molar-refractivity contribution is -0.148. The standard InChI is InChI=1S/C9H7BrFNO3/c1-12(8(13)9(14)15)7-4-5(10)2-3-6(7)11/h2-4H,1H3,(H,14,15). The summed E-state index contributed by atoms with van der Waals surface area (Å²) in [6.45, 7) is 0. The number of rotatable bonds is 1. The summed E-state index contributed by atoms with van der Waals surface area (Å²) in [6, 6.07) is 3.93. The number of aliphatic carboxylic acids is 1. The number of hydrogen-bond acceptors (Lipinski definition) is 2. The zero-order valence-corrected chi connectivity index (χ0v) is 9.28. The van der Waals surface area contributed by atoms with Crippen molar-refractivity contribution in [2.75, 3.05) is 11.9 Å². The third-order valence-corrected chi connectivity index (χ3v) is 2.25. The van der Waals surface area contributed by atoms with E-state index in [-0.39, 0.29) is 5.69 Å². The van der Waals surface area contributed by atoms with Crippen LogP contribution in [0.3, 0.4) is 0 Å². The average Bonchev–Trinajstić information content (AvgIpc) is 2.19. The number of amides is 1. The van der Waals surface area contributed by atoms with Crippen LogP contribution in [-0.2, 0) is 9.59 Å². The third-order valence-electron chi connectivity index (χ3n) is 1.76. The fourth-order valence-corrected chi connectivity index (χ4v) is 1.34. The second kappa shape index (κ2) is 4.39. The van der Waals surface area contributed by atoms with Gasteiger partial charge < -0.3 is 10.0 Å². The van der Waals surface area contributed by atoms with E-state index in [2.05, 4.69) is 15.9 Å². The van der Waals surface area contributed by atoms with E-state index in [1.165, 1.54) is 19.2 Å². The lowest BCUT2D eigenvalue weighted by atomic mass is 10.3. The summed E-state index contributed by atoms with van der Waals surface area (Å²) in [4.78, 5) is 22.2. The van der Waals surface area contributed by atoms with Gasteiger partial charge in [0, 0.05) is 11.5 Å². The van der Waals surface area contributed by atoms with Crippen LogP contribution in [0.15, 0.2) is 22.7 Å². The van der Waals surface area contributed by atoms with Crippen LogP contribution >= 0.6 is 15.9 Å². The summed E-state index contributed by atoms with van der Waals surface area (Å²) in [7, 11) is 1.20. The lowest BCUT2D eigenvalue weighted by Crippen LogP contribution is -2.33. The van der Waals surface area contributed by atoms with Crippen molar-refractivity contribution in [1.29, 1.82) is 0 Å². The smallest absolute Gasteiger partial charge is 0.394 e. The predicted octanol–water partition coefficient (Wildman–Crippen LogP) is 1.64. The molecule has 0 atom stereocenters. The monoisotopic (exact) mass is 275 g/mol. The molecule has 0 unspecified atom stereocenters. The van der Waals surface area contributed by atoms with Crippen molar-refractivity contribution in [1.82, 2.24) is 0 Å². The second-order valence-corrected chi connectivity index (χ2v) is 3.68. The molecule has 1 aromatic carbocycles. The molecular weight excluding hydrogens is 269 g/mol. The topological polar surface area (TPSA) is 57.6 Å². The molecule has 0 spiro atoms. The van der Waals surface area contributed by atoms with E-state index in [1.807, 2.05) is 0 Å². The van der Waals surface area contributed by atoms with Gasteiger partial charge in [0.1, 0.15) is 5.82 Å². The lowest BCUT2D eigenvalue weighted by Gasteiger charge is -2.15. The molecule has 15 heavy (non-hydrogen) atoms. The number of anilines is 1. The van der Waals surface area contributed by atoms with Gasteiger partial charge in [-0.1, -0.05) is 15.9 Å². The Labute approximate surface area is 93.4 Å². The molecule has 0 radical (unpaired) electrons. The van der Waals surface area contributed by atoms with Crippen molar-refractivity contribution in [3.63, 3.8) is 0 Å². The molecule has 0 heterocycles. The fourth-order valence-electron chi connectivity index (χ4n) is 0.996. The Hall–Kier alpha value is -1.43. The summed E-state index contributed by atoms with van der Waals surface area (Å²) >= 11 is 3.10. The van der Waals surface area contributed by atoms with Crippen LogP contribution in [0.4, 0.5) is 10.1 Å². The van der Waals surface area contributed by atoms with Crippen LogP contribution < -0.4 is 4.90 Å². The minimum atomic E-state index is -1.63. The fraction of sp³-hybridized carbons (Fsp3) is 0.111. The summed E-state index contributed by atoms with van der Waals surface area (Å²) < 4.78 is 13.8. The van der Waals surface area contributed by atoms with Gasteiger partial charge in [-0.15, -0.1) is 0 Å². The number of benzene rings is 1. The summed E-state index contributed by atoms with van der Waals surface area (Å²) in [5, 5.41) is 8.45. The summed E-state index contributed by atoms with van der Waals surface area (Å²) in [5.74, 6) is -3.47. The van der Waals surface area contributed by atoms with Gasteiger partial charge in [-0.3, -0.25) is 4.79 Å². The van der Waals surface area contributed by atoms with Gasteiger partial charge in [0.25, 0.3) is 0 Å². The molecule has 0 saturated heterocycles. The van der Waals surface area contributed by atoms with Gasteiger partial charge >= 0.3 is 11.9 Å². The average molecular weight is 276 g/mol. The zero-order valence-electron chi connectivity index (χ0n) is 7.70. The van der Waals surface area contributed by atoms with E-state index in [0.717, 1.165) is 11.0 Å². The number of carboxylic acid groups (broad SMARTS) is 1. The van der Waals surface area contributed by atoms with Crippen molar-refractivity contribution in [2.45, 2.75) is 0 Å². The SMILES string of the molecule is CN(C(=O)C(=O)O)c1cc(Br)ccc1F. The van der Waals surface area contributed by atoms with Gasteiger partial charge in [0.05, 0.1) is 5.69 Å². The molecule has 0 aliphatic rings. The highest BCUT2D eigenvalue weighted by atomic mass is 79.9. The van der Waals surface area contributed by atoms with Crippen molar-refractivity contribution in [2.24, 2.45) is 0 Å². The maximum Gasteiger partial charge on any atom is 0.394 e. The number of carbonyl (C=O) groups is 2. The number of carboxylic acids is 1. The maximum absolute atomic E-state index is 13.2. The molecule has 0 aromatic heterocycles. The molecule has 4 nitrogen and oxygen atoms in total. The van der Waals surface area contributed by atoms with Crippen molar-refractivity contribution in [3.8, 4) is 0 Å². The molecule has 1 rings (SSSR count). The van der Waals surface area contributed by atoms with Crippen LogP contribution in [0.25, 0.3) is 0 Å². The van der Waals surface area contributed by atoms with Crippen molar-refractivity contribution < 1.29 is 19.1 Å². The minimum Gasteiger partial charge on any atom is -0.474 e. The molecule has 0 bridgehead atoms. The third kappa shape index (κ3) is 2.53. The molecule has 0 fully saturated rings. The highest BCUT2D eigenvalue weighted by Crippen LogP contribution is 2.23. The first kappa shape index (κ1) is 11.6. The molecule has 0 aliphatic carbocycles. The molecular formula is C9H7BrFNO3. The number of likely N-dealkylation sites (N-methyl/N-ethyl adjacent to an activating group) is 1. The highest BCUT2D eigenvalue weighted by Gasteiger charge is 2.21. The molecule has 1 amide bonds. The second-order valence-electron chi connectivity index (χ2n) is 2.77. The van der Waals surface area contributed by atoms with Crippen molar-refractivity contribution >= 4 is 33.5 Å².